The first kappa shape index (κ1) is 23.6. The van der Waals surface area contributed by atoms with Crippen molar-refractivity contribution in [1.82, 2.24) is 30.0 Å². The minimum Gasteiger partial charge on any atom is -0.355 e. The van der Waals surface area contributed by atoms with E-state index in [1.54, 1.807) is 17.1 Å². The molecule has 182 valence electrons. The lowest BCUT2D eigenvalue weighted by atomic mass is 10.1. The Hall–Kier alpha value is -3.12. The second-order valence-corrected chi connectivity index (χ2v) is 11.8. The number of hydrogen-bond donors (Lipinski definition) is 2. The van der Waals surface area contributed by atoms with Crippen molar-refractivity contribution in [3.8, 4) is 5.69 Å². The fraction of sp³-hybridized carbons (Fsp3) is 0.348. The Kier molecular flexibility index (Phi) is 6.41. The molecule has 12 heteroatoms. The van der Waals surface area contributed by atoms with Crippen LogP contribution in [0.25, 0.3) is 27.6 Å². The van der Waals surface area contributed by atoms with Gasteiger partial charge in [0.25, 0.3) is 0 Å². The molecule has 35 heavy (non-hydrogen) atoms. The number of benzene rings is 1. The Labute approximate surface area is 210 Å². The van der Waals surface area contributed by atoms with Crippen LogP contribution in [0, 0.1) is 5.92 Å². The summed E-state index contributed by atoms with van der Waals surface area (Å²) in [6.45, 7) is 0.135. The van der Waals surface area contributed by atoms with E-state index in [1.165, 1.54) is 0 Å². The summed E-state index contributed by atoms with van der Waals surface area (Å²) in [4.78, 5) is 26.0. The zero-order valence-electron chi connectivity index (χ0n) is 19.0. The number of halogens is 1. The topological polar surface area (TPSA) is 132 Å². The summed E-state index contributed by atoms with van der Waals surface area (Å²) in [5, 5.41) is 12.5. The molecular weight excluding hydrogens is 534 g/mol. The molecular formula is C23H24BrN7O3S. The highest BCUT2D eigenvalue weighted by Crippen LogP contribution is 2.29. The standard InChI is InChI=1S/C23H24BrN7O3S/c1-35(33,34)10-9-26-22(32)15-4-5-16(11-15)28-23-27-13-18-20(24)30-31(21(18)29-23)17-6-7-19-14(12-17)3-2-8-25-19/h2-3,6-8,12-13,15-16H,4-5,9-11H2,1H3,(H,26,32)(H,27,28,29)/t15-,16-/m1/s1. The van der Waals surface area contributed by atoms with Crippen molar-refractivity contribution in [3.05, 3.63) is 47.3 Å². The Bertz CT molecular complexity index is 1520. The smallest absolute Gasteiger partial charge is 0.224 e. The lowest BCUT2D eigenvalue weighted by Crippen LogP contribution is -2.33. The number of carbonyl (C=O) groups excluding carboxylic acids is 1. The predicted octanol–water partition coefficient (Wildman–Crippen LogP) is 2.87. The van der Waals surface area contributed by atoms with Crippen LogP contribution in [0.15, 0.2) is 47.3 Å². The summed E-state index contributed by atoms with van der Waals surface area (Å²) in [7, 11) is -3.10. The van der Waals surface area contributed by atoms with Crippen LogP contribution in [-0.4, -0.2) is 63.7 Å². The number of fused-ring (bicyclic) bond motifs is 2. The molecule has 1 fully saturated rings. The van der Waals surface area contributed by atoms with Crippen molar-refractivity contribution in [3.63, 3.8) is 0 Å². The number of pyridine rings is 1. The number of rotatable bonds is 7. The SMILES string of the molecule is CS(=O)(=O)CCNC(=O)[C@@H]1CC[C@@H](Nc2ncc3c(Br)nn(-c4ccc5ncccc5c4)c3n2)C1. The van der Waals surface area contributed by atoms with Gasteiger partial charge in [-0.05, 0) is 59.5 Å². The minimum atomic E-state index is -3.10. The Morgan fingerprint density at radius 1 is 1.23 bits per heavy atom. The highest BCUT2D eigenvalue weighted by atomic mass is 79.9. The van der Waals surface area contributed by atoms with Gasteiger partial charge in [-0.15, -0.1) is 0 Å². The third kappa shape index (κ3) is 5.27. The van der Waals surface area contributed by atoms with E-state index in [4.69, 9.17) is 4.98 Å². The summed E-state index contributed by atoms with van der Waals surface area (Å²) in [5.41, 5.74) is 2.42. The summed E-state index contributed by atoms with van der Waals surface area (Å²) < 4.78 is 25.0. The first-order valence-corrected chi connectivity index (χ1v) is 14.1. The van der Waals surface area contributed by atoms with Gasteiger partial charge in [0, 0.05) is 42.5 Å². The van der Waals surface area contributed by atoms with Gasteiger partial charge in [-0.3, -0.25) is 9.78 Å². The molecule has 5 rings (SSSR count). The van der Waals surface area contributed by atoms with Crippen molar-refractivity contribution >= 4 is 59.6 Å². The average molecular weight is 558 g/mol. The average Bonchev–Trinajstić information content (AvgIpc) is 3.42. The number of anilines is 1. The largest absolute Gasteiger partial charge is 0.355 e. The maximum atomic E-state index is 12.4. The second kappa shape index (κ2) is 9.50. The van der Waals surface area contributed by atoms with Gasteiger partial charge < -0.3 is 10.6 Å². The lowest BCUT2D eigenvalue weighted by Gasteiger charge is -2.14. The van der Waals surface area contributed by atoms with Gasteiger partial charge in [0.15, 0.2) is 5.65 Å². The molecule has 1 aliphatic carbocycles. The first-order chi connectivity index (χ1) is 16.8. The Morgan fingerprint density at radius 3 is 2.91 bits per heavy atom. The molecule has 10 nitrogen and oxygen atoms in total. The Morgan fingerprint density at radius 2 is 2.09 bits per heavy atom. The van der Waals surface area contributed by atoms with E-state index in [0.29, 0.717) is 22.6 Å². The summed E-state index contributed by atoms with van der Waals surface area (Å²) >= 11 is 3.51. The van der Waals surface area contributed by atoms with Crippen molar-refractivity contribution < 1.29 is 13.2 Å². The van der Waals surface area contributed by atoms with E-state index in [-0.39, 0.29) is 30.2 Å². The molecule has 0 unspecified atom stereocenters. The number of carbonyl (C=O) groups is 1. The van der Waals surface area contributed by atoms with E-state index < -0.39 is 9.84 Å². The van der Waals surface area contributed by atoms with Gasteiger partial charge in [0.2, 0.25) is 11.9 Å². The number of hydrogen-bond acceptors (Lipinski definition) is 8. The molecule has 2 N–H and O–H groups in total. The van der Waals surface area contributed by atoms with Crippen LogP contribution in [0.4, 0.5) is 5.95 Å². The van der Waals surface area contributed by atoms with Gasteiger partial charge in [0.1, 0.15) is 14.4 Å². The first-order valence-electron chi connectivity index (χ1n) is 11.3. The highest BCUT2D eigenvalue weighted by molar-refractivity contribution is 9.10. The third-order valence-electron chi connectivity index (χ3n) is 6.12. The number of nitrogens with one attached hydrogen (secondary N) is 2. The van der Waals surface area contributed by atoms with E-state index in [1.807, 2.05) is 30.3 Å². The molecule has 1 aliphatic rings. The molecule has 3 aromatic heterocycles. The van der Waals surface area contributed by atoms with Crippen LogP contribution in [0.1, 0.15) is 19.3 Å². The van der Waals surface area contributed by atoms with Crippen molar-refractivity contribution in [2.75, 3.05) is 23.9 Å². The number of amides is 1. The van der Waals surface area contributed by atoms with Crippen LogP contribution in [0.2, 0.25) is 0 Å². The molecule has 0 saturated heterocycles. The normalized spacial score (nSPS) is 18.2. The molecule has 0 aliphatic heterocycles. The zero-order valence-corrected chi connectivity index (χ0v) is 21.4. The van der Waals surface area contributed by atoms with Gasteiger partial charge in [-0.1, -0.05) is 6.07 Å². The maximum Gasteiger partial charge on any atom is 0.224 e. The molecule has 4 aromatic rings. The van der Waals surface area contributed by atoms with Crippen LogP contribution in [0.5, 0.6) is 0 Å². The molecule has 0 spiro atoms. The molecule has 2 atom stereocenters. The van der Waals surface area contributed by atoms with Crippen LogP contribution in [-0.2, 0) is 14.6 Å². The maximum absolute atomic E-state index is 12.4. The molecule has 1 aromatic carbocycles. The van der Waals surface area contributed by atoms with Crippen LogP contribution < -0.4 is 10.6 Å². The highest BCUT2D eigenvalue weighted by Gasteiger charge is 2.30. The van der Waals surface area contributed by atoms with Gasteiger partial charge in [0.05, 0.1) is 22.3 Å². The molecule has 1 amide bonds. The van der Waals surface area contributed by atoms with E-state index in [9.17, 15) is 13.2 Å². The Balaban J connectivity index is 1.31. The van der Waals surface area contributed by atoms with Crippen molar-refractivity contribution in [2.24, 2.45) is 5.92 Å². The van der Waals surface area contributed by atoms with Crippen LogP contribution in [0.3, 0.4) is 0 Å². The van der Waals surface area contributed by atoms with E-state index in [2.05, 4.69) is 41.6 Å². The summed E-state index contributed by atoms with van der Waals surface area (Å²) in [6, 6.07) is 9.86. The quantitative estimate of drug-likeness (QED) is 0.354. The number of sulfone groups is 1. The molecule has 1 saturated carbocycles. The summed E-state index contributed by atoms with van der Waals surface area (Å²) in [5.74, 6) is 0.137. The van der Waals surface area contributed by atoms with E-state index >= 15 is 0 Å². The fourth-order valence-electron chi connectivity index (χ4n) is 4.35. The van der Waals surface area contributed by atoms with Gasteiger partial charge >= 0.3 is 0 Å². The van der Waals surface area contributed by atoms with E-state index in [0.717, 1.165) is 41.1 Å². The molecule has 0 bridgehead atoms. The molecule has 0 radical (unpaired) electrons. The van der Waals surface area contributed by atoms with Gasteiger partial charge in [-0.25, -0.2) is 18.1 Å². The van der Waals surface area contributed by atoms with Crippen molar-refractivity contribution in [2.45, 2.75) is 25.3 Å². The van der Waals surface area contributed by atoms with Crippen LogP contribution >= 0.6 is 15.9 Å². The lowest BCUT2D eigenvalue weighted by molar-refractivity contribution is -0.124. The number of aromatic nitrogens is 5. The monoisotopic (exact) mass is 557 g/mol. The van der Waals surface area contributed by atoms with Gasteiger partial charge in [-0.2, -0.15) is 10.1 Å². The zero-order chi connectivity index (χ0) is 24.6. The fourth-order valence-corrected chi connectivity index (χ4v) is 5.26. The third-order valence-corrected chi connectivity index (χ3v) is 7.65. The van der Waals surface area contributed by atoms with Crippen molar-refractivity contribution in [1.29, 1.82) is 0 Å². The minimum absolute atomic E-state index is 0.0460. The molecule has 3 heterocycles. The number of nitrogens with zero attached hydrogens (tertiary/aromatic N) is 5. The second-order valence-electron chi connectivity index (χ2n) is 8.79. The summed E-state index contributed by atoms with van der Waals surface area (Å²) in [6.07, 6.45) is 6.80. The predicted molar refractivity (Wildman–Crippen MR) is 137 cm³/mol.